The first kappa shape index (κ1) is 12.2. The van der Waals surface area contributed by atoms with Crippen LogP contribution in [0.15, 0.2) is 22.7 Å². The molecule has 2 nitrogen and oxygen atoms in total. The van der Waals surface area contributed by atoms with Gasteiger partial charge >= 0.3 is 0 Å². The maximum atomic E-state index is 6.59. The second-order valence-corrected chi connectivity index (χ2v) is 7.39. The number of rotatable bonds is 3. The smallest absolute Gasteiger partial charge is 0.123 e. The van der Waals surface area contributed by atoms with Crippen molar-refractivity contribution in [2.45, 2.75) is 25.3 Å². The summed E-state index contributed by atoms with van der Waals surface area (Å²) in [6.07, 6.45) is 4.38. The van der Waals surface area contributed by atoms with Crippen molar-refractivity contribution in [2.75, 3.05) is 7.11 Å². The van der Waals surface area contributed by atoms with Crippen LogP contribution in [0.3, 0.4) is 0 Å². The van der Waals surface area contributed by atoms with Crippen molar-refractivity contribution in [3.8, 4) is 5.75 Å². The van der Waals surface area contributed by atoms with Crippen molar-refractivity contribution >= 4 is 15.9 Å². The zero-order valence-electron chi connectivity index (χ0n) is 11.2. The molecule has 2 N–H and O–H groups in total. The fourth-order valence-electron chi connectivity index (χ4n) is 5.05. The molecule has 0 aliphatic heterocycles. The van der Waals surface area contributed by atoms with Crippen LogP contribution in [0.25, 0.3) is 0 Å². The number of hydrogen-bond donors (Lipinski definition) is 1. The third-order valence-electron chi connectivity index (χ3n) is 5.76. The van der Waals surface area contributed by atoms with Gasteiger partial charge in [0.05, 0.1) is 7.11 Å². The number of halogens is 1. The van der Waals surface area contributed by atoms with E-state index < -0.39 is 0 Å². The van der Waals surface area contributed by atoms with Crippen LogP contribution < -0.4 is 10.5 Å². The molecule has 4 rings (SSSR count). The molecule has 2 bridgehead atoms. The summed E-state index contributed by atoms with van der Waals surface area (Å²) >= 11 is 3.55. The van der Waals surface area contributed by atoms with Crippen molar-refractivity contribution in [1.29, 1.82) is 0 Å². The molecule has 5 atom stereocenters. The summed E-state index contributed by atoms with van der Waals surface area (Å²) in [4.78, 5) is 0. The van der Waals surface area contributed by atoms with Gasteiger partial charge in [0.1, 0.15) is 5.75 Å². The molecule has 0 radical (unpaired) electrons. The molecule has 5 unspecified atom stereocenters. The van der Waals surface area contributed by atoms with Gasteiger partial charge < -0.3 is 10.5 Å². The van der Waals surface area contributed by atoms with Crippen molar-refractivity contribution < 1.29 is 4.74 Å². The molecule has 19 heavy (non-hydrogen) atoms. The first-order valence-electron chi connectivity index (χ1n) is 7.29. The highest BCUT2D eigenvalue weighted by atomic mass is 79.9. The van der Waals surface area contributed by atoms with Crippen LogP contribution >= 0.6 is 15.9 Å². The molecule has 102 valence electrons. The van der Waals surface area contributed by atoms with Crippen LogP contribution in [-0.4, -0.2) is 7.11 Å². The molecule has 3 saturated carbocycles. The van der Waals surface area contributed by atoms with E-state index in [9.17, 15) is 0 Å². The van der Waals surface area contributed by atoms with Crippen molar-refractivity contribution in [3.05, 3.63) is 28.2 Å². The van der Waals surface area contributed by atoms with Crippen molar-refractivity contribution in [2.24, 2.45) is 35.3 Å². The summed E-state index contributed by atoms with van der Waals surface area (Å²) < 4.78 is 6.58. The summed E-state index contributed by atoms with van der Waals surface area (Å²) in [6.45, 7) is 0. The maximum Gasteiger partial charge on any atom is 0.123 e. The predicted octanol–water partition coefficient (Wildman–Crippen LogP) is 3.75. The highest BCUT2D eigenvalue weighted by Crippen LogP contribution is 2.72. The Hall–Kier alpha value is -0.540. The third-order valence-corrected chi connectivity index (χ3v) is 6.25. The van der Waals surface area contributed by atoms with Crippen LogP contribution in [0.1, 0.15) is 30.9 Å². The summed E-state index contributed by atoms with van der Waals surface area (Å²) in [5.41, 5.74) is 7.76. The minimum absolute atomic E-state index is 0.144. The lowest BCUT2D eigenvalue weighted by Gasteiger charge is -2.19. The van der Waals surface area contributed by atoms with Crippen molar-refractivity contribution in [1.82, 2.24) is 0 Å². The van der Waals surface area contributed by atoms with Gasteiger partial charge in [0.15, 0.2) is 0 Å². The summed E-state index contributed by atoms with van der Waals surface area (Å²) in [5, 5.41) is 0. The average molecular weight is 322 g/mol. The predicted molar refractivity (Wildman–Crippen MR) is 78.9 cm³/mol. The van der Waals surface area contributed by atoms with E-state index in [1.165, 1.54) is 24.8 Å². The van der Waals surface area contributed by atoms with Crippen molar-refractivity contribution in [3.63, 3.8) is 0 Å². The highest BCUT2D eigenvalue weighted by Gasteiger charge is 2.66. The van der Waals surface area contributed by atoms with Gasteiger partial charge in [-0.3, -0.25) is 0 Å². The van der Waals surface area contributed by atoms with Crippen LogP contribution in [0.5, 0.6) is 5.75 Å². The summed E-state index contributed by atoms with van der Waals surface area (Å²) in [6, 6.07) is 6.32. The van der Waals surface area contributed by atoms with E-state index in [2.05, 4.69) is 22.0 Å². The zero-order valence-corrected chi connectivity index (χ0v) is 12.8. The Morgan fingerprint density at radius 2 is 1.95 bits per heavy atom. The first-order chi connectivity index (χ1) is 9.20. The van der Waals surface area contributed by atoms with E-state index >= 15 is 0 Å². The van der Waals surface area contributed by atoms with Gasteiger partial charge in [-0.15, -0.1) is 0 Å². The quantitative estimate of drug-likeness (QED) is 0.920. The van der Waals surface area contributed by atoms with Crippen LogP contribution in [0.2, 0.25) is 0 Å². The molecule has 3 aliphatic rings. The van der Waals surface area contributed by atoms with Gasteiger partial charge in [0.2, 0.25) is 0 Å². The number of hydrogen-bond acceptors (Lipinski definition) is 2. The Bertz CT molecular complexity index is 501. The molecule has 0 saturated heterocycles. The molecule has 0 amide bonds. The van der Waals surface area contributed by atoms with E-state index in [4.69, 9.17) is 10.5 Å². The maximum absolute atomic E-state index is 6.59. The lowest BCUT2D eigenvalue weighted by molar-refractivity contribution is 0.383. The number of nitrogens with two attached hydrogens (primary N) is 1. The minimum atomic E-state index is 0.144. The normalized spacial score (nSPS) is 40.1. The van der Waals surface area contributed by atoms with Crippen LogP contribution in [0.4, 0.5) is 0 Å². The lowest BCUT2D eigenvalue weighted by Crippen LogP contribution is -2.18. The van der Waals surface area contributed by atoms with E-state index in [0.717, 1.165) is 33.9 Å². The molecule has 1 aromatic rings. The molecule has 1 aromatic carbocycles. The van der Waals surface area contributed by atoms with Crippen LogP contribution in [-0.2, 0) is 0 Å². The van der Waals surface area contributed by atoms with E-state index in [0.29, 0.717) is 5.92 Å². The molecular formula is C16H20BrNO. The topological polar surface area (TPSA) is 35.2 Å². The minimum Gasteiger partial charge on any atom is -0.496 e. The Morgan fingerprint density at radius 1 is 1.26 bits per heavy atom. The SMILES string of the molecule is COc1ccc(Br)cc1C(N)C1C2C3CCC(C3)C21. The van der Waals surface area contributed by atoms with Gasteiger partial charge in [0, 0.05) is 16.1 Å². The summed E-state index contributed by atoms with van der Waals surface area (Å²) in [5.74, 6) is 5.42. The van der Waals surface area contributed by atoms with Gasteiger partial charge in [0.25, 0.3) is 0 Å². The second kappa shape index (κ2) is 4.23. The van der Waals surface area contributed by atoms with E-state index in [-0.39, 0.29) is 6.04 Å². The first-order valence-corrected chi connectivity index (χ1v) is 8.09. The van der Waals surface area contributed by atoms with Gasteiger partial charge in [-0.05, 0) is 67.1 Å². The highest BCUT2D eigenvalue weighted by molar-refractivity contribution is 9.10. The standard InChI is InChI=1S/C16H20BrNO/c1-19-12-5-4-10(17)7-11(12)16(18)15-13-8-2-3-9(6-8)14(13)15/h4-5,7-9,13-16H,2-3,6,18H2,1H3. The Morgan fingerprint density at radius 3 is 2.58 bits per heavy atom. The number of benzene rings is 1. The van der Waals surface area contributed by atoms with Crippen LogP contribution in [0, 0.1) is 29.6 Å². The van der Waals surface area contributed by atoms with Gasteiger partial charge in [-0.1, -0.05) is 15.9 Å². The molecular weight excluding hydrogens is 302 g/mol. The monoisotopic (exact) mass is 321 g/mol. The molecule has 3 aliphatic carbocycles. The number of fused-ring (bicyclic) bond motifs is 5. The fraction of sp³-hybridized carbons (Fsp3) is 0.625. The van der Waals surface area contributed by atoms with E-state index in [1.807, 2.05) is 12.1 Å². The van der Waals surface area contributed by atoms with Gasteiger partial charge in [-0.2, -0.15) is 0 Å². The number of ether oxygens (including phenoxy) is 1. The molecule has 0 aromatic heterocycles. The third kappa shape index (κ3) is 1.71. The molecule has 3 fully saturated rings. The Balaban J connectivity index is 1.62. The lowest BCUT2D eigenvalue weighted by atomic mass is 9.93. The Kier molecular flexibility index (Phi) is 2.72. The number of methoxy groups -OCH3 is 1. The average Bonchev–Trinajstić information content (AvgIpc) is 2.85. The Labute approximate surface area is 122 Å². The largest absolute Gasteiger partial charge is 0.496 e. The van der Waals surface area contributed by atoms with E-state index in [1.54, 1.807) is 7.11 Å². The zero-order chi connectivity index (χ0) is 13.1. The van der Waals surface area contributed by atoms with Gasteiger partial charge in [-0.25, -0.2) is 0 Å². The second-order valence-electron chi connectivity index (χ2n) is 6.48. The molecule has 0 spiro atoms. The summed E-state index contributed by atoms with van der Waals surface area (Å²) in [7, 11) is 1.73. The molecule has 3 heteroatoms. The molecule has 0 heterocycles. The fourth-order valence-corrected chi connectivity index (χ4v) is 5.42.